The fourth-order valence-electron chi connectivity index (χ4n) is 2.32. The molecule has 2 saturated heterocycles. The quantitative estimate of drug-likeness (QED) is 0.785. The van der Waals surface area contributed by atoms with Crippen LogP contribution in [-0.4, -0.2) is 48.4 Å². The van der Waals surface area contributed by atoms with Crippen molar-refractivity contribution in [3.8, 4) is 0 Å². The van der Waals surface area contributed by atoms with Gasteiger partial charge in [-0.3, -0.25) is 9.69 Å². The minimum absolute atomic E-state index is 0.344. The average molecular weight is 270 g/mol. The predicted molar refractivity (Wildman–Crippen MR) is 83.3 cm³/mol. The van der Waals surface area contributed by atoms with Gasteiger partial charge in [0.25, 0.3) is 0 Å². The van der Waals surface area contributed by atoms with E-state index in [1.54, 1.807) is 0 Å². The molecule has 0 spiro atoms. The van der Waals surface area contributed by atoms with Gasteiger partial charge in [-0.05, 0) is 18.8 Å². The zero-order valence-electron chi connectivity index (χ0n) is 13.7. The van der Waals surface area contributed by atoms with Crippen molar-refractivity contribution in [2.45, 2.75) is 60.3 Å². The van der Waals surface area contributed by atoms with Gasteiger partial charge in [0.15, 0.2) is 0 Å². The molecule has 2 aliphatic heterocycles. The second kappa shape index (κ2) is 11.3. The SMILES string of the molecule is CC.CCC.CCC1CN(CC(=O)N2CCCC2)C1. The van der Waals surface area contributed by atoms with E-state index in [0.717, 1.165) is 32.1 Å². The van der Waals surface area contributed by atoms with Gasteiger partial charge in [-0.2, -0.15) is 0 Å². The van der Waals surface area contributed by atoms with Gasteiger partial charge in [-0.25, -0.2) is 0 Å². The molecule has 2 fully saturated rings. The summed E-state index contributed by atoms with van der Waals surface area (Å²) in [6.07, 6.45) is 4.90. The molecule has 0 atom stereocenters. The Bertz CT molecular complexity index is 219. The smallest absolute Gasteiger partial charge is 0.236 e. The summed E-state index contributed by atoms with van der Waals surface area (Å²) in [4.78, 5) is 16.0. The molecular weight excluding hydrogens is 236 g/mol. The Morgan fingerprint density at radius 3 is 1.95 bits per heavy atom. The van der Waals surface area contributed by atoms with E-state index in [-0.39, 0.29) is 0 Å². The maximum Gasteiger partial charge on any atom is 0.236 e. The van der Waals surface area contributed by atoms with E-state index < -0.39 is 0 Å². The molecule has 2 rings (SSSR count). The van der Waals surface area contributed by atoms with E-state index in [1.165, 1.54) is 25.7 Å². The fraction of sp³-hybridized carbons (Fsp3) is 0.938. The highest BCUT2D eigenvalue weighted by atomic mass is 16.2. The van der Waals surface area contributed by atoms with Crippen LogP contribution in [0.3, 0.4) is 0 Å². The summed E-state index contributed by atoms with van der Waals surface area (Å²) >= 11 is 0. The molecule has 0 aromatic heterocycles. The van der Waals surface area contributed by atoms with Crippen LogP contribution in [-0.2, 0) is 4.79 Å². The molecule has 3 nitrogen and oxygen atoms in total. The van der Waals surface area contributed by atoms with Gasteiger partial charge in [0, 0.05) is 26.2 Å². The largest absolute Gasteiger partial charge is 0.342 e. The highest BCUT2D eigenvalue weighted by Gasteiger charge is 2.28. The van der Waals surface area contributed by atoms with Crippen LogP contribution < -0.4 is 0 Å². The molecule has 2 heterocycles. The van der Waals surface area contributed by atoms with Crippen molar-refractivity contribution < 1.29 is 4.79 Å². The lowest BCUT2D eigenvalue weighted by Crippen LogP contribution is -2.50. The number of carbonyl (C=O) groups excluding carboxylic acids is 1. The summed E-state index contributed by atoms with van der Waals surface area (Å²) in [5.41, 5.74) is 0. The minimum Gasteiger partial charge on any atom is -0.342 e. The van der Waals surface area contributed by atoms with E-state index in [2.05, 4.69) is 25.7 Å². The van der Waals surface area contributed by atoms with Gasteiger partial charge in [0.05, 0.1) is 6.54 Å². The van der Waals surface area contributed by atoms with E-state index in [4.69, 9.17) is 0 Å². The van der Waals surface area contributed by atoms with Gasteiger partial charge < -0.3 is 4.90 Å². The van der Waals surface area contributed by atoms with Crippen LogP contribution in [0.5, 0.6) is 0 Å². The van der Waals surface area contributed by atoms with Crippen LogP contribution in [0.25, 0.3) is 0 Å². The van der Waals surface area contributed by atoms with Crippen LogP contribution in [0.2, 0.25) is 0 Å². The van der Waals surface area contributed by atoms with Crippen molar-refractivity contribution in [3.63, 3.8) is 0 Å². The van der Waals surface area contributed by atoms with E-state index in [9.17, 15) is 4.79 Å². The molecule has 0 aromatic carbocycles. The van der Waals surface area contributed by atoms with Gasteiger partial charge in [-0.1, -0.05) is 47.5 Å². The molecule has 0 radical (unpaired) electrons. The van der Waals surface area contributed by atoms with Crippen molar-refractivity contribution in [3.05, 3.63) is 0 Å². The Morgan fingerprint density at radius 1 is 1.05 bits per heavy atom. The molecule has 2 aliphatic rings. The summed E-state index contributed by atoms with van der Waals surface area (Å²) in [6, 6.07) is 0. The van der Waals surface area contributed by atoms with Crippen LogP contribution in [0.1, 0.15) is 60.3 Å². The Morgan fingerprint density at radius 2 is 1.53 bits per heavy atom. The number of hydrogen-bond acceptors (Lipinski definition) is 2. The van der Waals surface area contributed by atoms with E-state index in [0.29, 0.717) is 12.5 Å². The van der Waals surface area contributed by atoms with Crippen molar-refractivity contribution in [1.29, 1.82) is 0 Å². The zero-order valence-corrected chi connectivity index (χ0v) is 13.7. The van der Waals surface area contributed by atoms with Gasteiger partial charge in [0.1, 0.15) is 0 Å². The Labute approximate surface area is 120 Å². The topological polar surface area (TPSA) is 23.6 Å². The van der Waals surface area contributed by atoms with Crippen LogP contribution in [0.15, 0.2) is 0 Å². The van der Waals surface area contributed by atoms with Crippen molar-refractivity contribution >= 4 is 5.91 Å². The van der Waals surface area contributed by atoms with E-state index in [1.807, 2.05) is 18.7 Å². The van der Waals surface area contributed by atoms with Gasteiger partial charge in [0.2, 0.25) is 5.91 Å². The number of rotatable bonds is 3. The Balaban J connectivity index is 0.000000573. The number of nitrogens with zero attached hydrogens (tertiary/aromatic N) is 2. The summed E-state index contributed by atoms with van der Waals surface area (Å²) in [5.74, 6) is 1.19. The predicted octanol–water partition coefficient (Wildman–Crippen LogP) is 3.39. The maximum absolute atomic E-state index is 11.7. The normalized spacial score (nSPS) is 18.9. The first-order valence-electron chi connectivity index (χ1n) is 8.21. The molecule has 0 saturated carbocycles. The standard InChI is InChI=1S/C11H20N2O.C3H8.C2H6/c1-2-10-7-12(8-10)9-11(14)13-5-3-4-6-13;1-3-2;1-2/h10H,2-9H2,1H3;3H2,1-2H3;1-2H3. The first kappa shape index (κ1) is 18.4. The molecule has 0 unspecified atom stereocenters. The second-order valence-corrected chi connectivity index (χ2v) is 5.26. The third kappa shape index (κ3) is 6.95. The highest BCUT2D eigenvalue weighted by molar-refractivity contribution is 5.78. The number of carbonyl (C=O) groups is 1. The van der Waals surface area contributed by atoms with Crippen molar-refractivity contribution in [2.24, 2.45) is 5.92 Å². The first-order chi connectivity index (χ1) is 9.21. The van der Waals surface area contributed by atoms with Gasteiger partial charge in [-0.15, -0.1) is 0 Å². The summed E-state index contributed by atoms with van der Waals surface area (Å²) in [7, 11) is 0. The summed E-state index contributed by atoms with van der Waals surface area (Å²) in [6.45, 7) is 15.4. The Kier molecular flexibility index (Phi) is 10.9. The third-order valence-corrected chi connectivity index (χ3v) is 3.43. The average Bonchev–Trinajstić information content (AvgIpc) is 2.90. The number of likely N-dealkylation sites (tertiary alicyclic amines) is 2. The second-order valence-electron chi connectivity index (χ2n) is 5.26. The van der Waals surface area contributed by atoms with Crippen molar-refractivity contribution in [1.82, 2.24) is 9.80 Å². The molecule has 1 amide bonds. The molecule has 3 heteroatoms. The molecule has 0 aromatic rings. The maximum atomic E-state index is 11.7. The molecule has 114 valence electrons. The molecule has 19 heavy (non-hydrogen) atoms. The molecule has 0 bridgehead atoms. The molecule has 0 aliphatic carbocycles. The summed E-state index contributed by atoms with van der Waals surface area (Å²) < 4.78 is 0. The van der Waals surface area contributed by atoms with E-state index >= 15 is 0 Å². The lowest BCUT2D eigenvalue weighted by Gasteiger charge is -2.38. The Hall–Kier alpha value is -0.570. The number of hydrogen-bond donors (Lipinski definition) is 0. The zero-order chi connectivity index (χ0) is 14.7. The number of amides is 1. The molecular formula is C16H34N2O. The van der Waals surface area contributed by atoms with Crippen LogP contribution in [0.4, 0.5) is 0 Å². The van der Waals surface area contributed by atoms with Crippen LogP contribution in [0, 0.1) is 5.92 Å². The monoisotopic (exact) mass is 270 g/mol. The third-order valence-electron chi connectivity index (χ3n) is 3.43. The van der Waals surface area contributed by atoms with Crippen molar-refractivity contribution in [2.75, 3.05) is 32.7 Å². The lowest BCUT2D eigenvalue weighted by molar-refractivity contribution is -0.133. The lowest BCUT2D eigenvalue weighted by atomic mass is 9.97. The fourth-order valence-corrected chi connectivity index (χ4v) is 2.32. The summed E-state index contributed by atoms with van der Waals surface area (Å²) in [5, 5.41) is 0. The first-order valence-corrected chi connectivity index (χ1v) is 8.21. The molecule has 0 N–H and O–H groups in total. The highest BCUT2D eigenvalue weighted by Crippen LogP contribution is 2.18. The van der Waals surface area contributed by atoms with Gasteiger partial charge >= 0.3 is 0 Å². The van der Waals surface area contributed by atoms with Crippen LogP contribution >= 0.6 is 0 Å². The minimum atomic E-state index is 0.344.